The molecule has 1 aliphatic carbocycles. The molecule has 12 heteroatoms. The van der Waals surface area contributed by atoms with E-state index >= 15 is 0 Å². The van der Waals surface area contributed by atoms with Gasteiger partial charge in [-0.15, -0.1) is 0 Å². The molecule has 0 aliphatic heterocycles. The van der Waals surface area contributed by atoms with Crippen LogP contribution >= 0.6 is 0 Å². The van der Waals surface area contributed by atoms with Crippen molar-refractivity contribution in [3.63, 3.8) is 0 Å². The van der Waals surface area contributed by atoms with Crippen LogP contribution in [0.3, 0.4) is 0 Å². The fourth-order valence-electron chi connectivity index (χ4n) is 4.61. The van der Waals surface area contributed by atoms with Crippen molar-refractivity contribution in [1.29, 1.82) is 0 Å². The molecule has 0 unspecified atom stereocenters. The number of benzene rings is 1. The lowest BCUT2D eigenvalue weighted by Crippen LogP contribution is -2.14. The molecular formula is C27H35N9O3. The quantitative estimate of drug-likeness (QED) is 0.260. The van der Waals surface area contributed by atoms with Crippen molar-refractivity contribution in [3.8, 4) is 17.1 Å². The SMILES string of the molecule is CC.COc1c(Nc2nc(Nc3cnn(CC4CCCCC4)c3)ncc2C(=O)O)cccc1-c1ncn(C)n1. The molecule has 1 saturated carbocycles. The molecule has 1 aliphatic rings. The molecule has 3 aromatic heterocycles. The zero-order valence-corrected chi connectivity index (χ0v) is 22.8. The van der Waals surface area contributed by atoms with E-state index in [0.29, 0.717) is 28.7 Å². The van der Waals surface area contributed by atoms with Gasteiger partial charge in [0.15, 0.2) is 17.4 Å². The van der Waals surface area contributed by atoms with Crippen molar-refractivity contribution in [2.24, 2.45) is 13.0 Å². The summed E-state index contributed by atoms with van der Waals surface area (Å²) in [7, 11) is 3.31. The van der Waals surface area contributed by atoms with Gasteiger partial charge in [0, 0.05) is 26.0 Å². The molecule has 0 amide bonds. The molecule has 1 aromatic carbocycles. The number of carboxylic acids is 1. The van der Waals surface area contributed by atoms with Crippen molar-refractivity contribution in [2.75, 3.05) is 17.7 Å². The number of carbonyl (C=O) groups is 1. The Balaban J connectivity index is 0.00000172. The fraction of sp³-hybridized carbons (Fsp3) is 0.407. The van der Waals surface area contributed by atoms with Crippen molar-refractivity contribution >= 4 is 29.1 Å². The van der Waals surface area contributed by atoms with E-state index in [9.17, 15) is 9.90 Å². The molecule has 0 atom stereocenters. The molecule has 0 radical (unpaired) electrons. The van der Waals surface area contributed by atoms with E-state index in [4.69, 9.17) is 4.74 Å². The Morgan fingerprint density at radius 2 is 1.92 bits per heavy atom. The summed E-state index contributed by atoms with van der Waals surface area (Å²) in [6.45, 7) is 4.88. The number of methoxy groups -OCH3 is 1. The van der Waals surface area contributed by atoms with E-state index in [0.717, 1.165) is 12.2 Å². The second kappa shape index (κ2) is 12.9. The van der Waals surface area contributed by atoms with Crippen LogP contribution in [0.5, 0.6) is 5.75 Å². The highest BCUT2D eigenvalue weighted by atomic mass is 16.5. The monoisotopic (exact) mass is 533 g/mol. The van der Waals surface area contributed by atoms with Crippen LogP contribution in [0.15, 0.2) is 43.1 Å². The van der Waals surface area contributed by atoms with E-state index in [2.05, 4.69) is 35.8 Å². The third kappa shape index (κ3) is 6.70. The first-order chi connectivity index (χ1) is 19.0. The summed E-state index contributed by atoms with van der Waals surface area (Å²) in [6.07, 6.45) is 12.8. The maximum Gasteiger partial charge on any atom is 0.341 e. The van der Waals surface area contributed by atoms with Gasteiger partial charge in [-0.1, -0.05) is 39.2 Å². The number of nitrogens with one attached hydrogen (secondary N) is 2. The van der Waals surface area contributed by atoms with Crippen LogP contribution in [0.4, 0.5) is 23.1 Å². The van der Waals surface area contributed by atoms with E-state index in [1.54, 1.807) is 36.4 Å². The standard InChI is InChI=1S/C25H29N9O3.C2H6/c1-33-15-27-22(32-33)18-9-6-10-20(21(18)37-2)30-23-19(24(35)36)12-26-25(31-23)29-17-11-28-34(14-17)13-16-7-4-3-5-8-16;1-2/h6,9-12,14-16H,3-5,7-8,13H2,1-2H3,(H,35,36)(H2,26,29,30,31);1-2H3. The number of hydrogen-bond donors (Lipinski definition) is 3. The van der Waals surface area contributed by atoms with E-state index < -0.39 is 5.97 Å². The Labute approximate surface area is 227 Å². The highest BCUT2D eigenvalue weighted by molar-refractivity contribution is 5.94. The number of hydrogen-bond acceptors (Lipinski definition) is 9. The van der Waals surface area contributed by atoms with E-state index in [1.165, 1.54) is 45.4 Å². The summed E-state index contributed by atoms with van der Waals surface area (Å²) in [5, 5.41) is 24.8. The van der Waals surface area contributed by atoms with Gasteiger partial charge in [-0.25, -0.2) is 14.8 Å². The molecular weight excluding hydrogens is 498 g/mol. The molecule has 0 saturated heterocycles. The first-order valence-corrected chi connectivity index (χ1v) is 13.2. The molecule has 206 valence electrons. The van der Waals surface area contributed by atoms with Crippen molar-refractivity contribution in [2.45, 2.75) is 52.5 Å². The van der Waals surface area contributed by atoms with Gasteiger partial charge in [-0.05, 0) is 30.9 Å². The highest BCUT2D eigenvalue weighted by Gasteiger charge is 2.19. The molecule has 4 aromatic rings. The van der Waals surface area contributed by atoms with Gasteiger partial charge >= 0.3 is 5.97 Å². The van der Waals surface area contributed by atoms with Gasteiger partial charge in [0.1, 0.15) is 11.9 Å². The summed E-state index contributed by atoms with van der Waals surface area (Å²) in [4.78, 5) is 24.9. The Hall–Kier alpha value is -4.48. The number of aromatic nitrogens is 7. The first kappa shape index (κ1) is 27.6. The van der Waals surface area contributed by atoms with E-state index in [1.807, 2.05) is 30.8 Å². The molecule has 12 nitrogen and oxygen atoms in total. The predicted octanol–water partition coefficient (Wildman–Crippen LogP) is 5.27. The predicted molar refractivity (Wildman–Crippen MR) is 149 cm³/mol. The van der Waals surface area contributed by atoms with Crippen LogP contribution in [0.1, 0.15) is 56.3 Å². The van der Waals surface area contributed by atoms with Crippen molar-refractivity contribution in [3.05, 3.63) is 48.7 Å². The number of carboxylic acid groups (broad SMARTS) is 1. The maximum absolute atomic E-state index is 11.9. The Morgan fingerprint density at radius 1 is 1.13 bits per heavy atom. The summed E-state index contributed by atoms with van der Waals surface area (Å²) >= 11 is 0. The Morgan fingerprint density at radius 3 is 2.62 bits per heavy atom. The zero-order chi connectivity index (χ0) is 27.8. The maximum atomic E-state index is 11.9. The second-order valence-electron chi connectivity index (χ2n) is 9.09. The van der Waals surface area contributed by atoms with Gasteiger partial charge in [-0.2, -0.15) is 15.2 Å². The smallest absolute Gasteiger partial charge is 0.341 e. The van der Waals surface area contributed by atoms with Crippen LogP contribution in [-0.4, -0.2) is 52.7 Å². The first-order valence-electron chi connectivity index (χ1n) is 13.2. The minimum atomic E-state index is -1.16. The molecule has 39 heavy (non-hydrogen) atoms. The molecule has 1 fully saturated rings. The number of nitrogens with zero attached hydrogens (tertiary/aromatic N) is 7. The third-order valence-corrected chi connectivity index (χ3v) is 6.39. The average Bonchev–Trinajstić information content (AvgIpc) is 3.58. The number of anilines is 4. The van der Waals surface area contributed by atoms with Crippen molar-refractivity contribution in [1.82, 2.24) is 34.5 Å². The minimum Gasteiger partial charge on any atom is -0.494 e. The zero-order valence-electron chi connectivity index (χ0n) is 22.8. The van der Waals surface area contributed by atoms with Crippen LogP contribution in [0.2, 0.25) is 0 Å². The van der Waals surface area contributed by atoms with Crippen LogP contribution in [0, 0.1) is 5.92 Å². The third-order valence-electron chi connectivity index (χ3n) is 6.39. The van der Waals surface area contributed by atoms with Gasteiger partial charge in [0.05, 0.1) is 30.2 Å². The highest BCUT2D eigenvalue weighted by Crippen LogP contribution is 2.36. The molecule has 3 N–H and O–H groups in total. The molecule has 5 rings (SSSR count). The number of aromatic carboxylic acids is 1. The summed E-state index contributed by atoms with van der Waals surface area (Å²) in [5.41, 5.74) is 1.82. The number of aryl methyl sites for hydroxylation is 1. The van der Waals surface area contributed by atoms with Gasteiger partial charge in [-0.3, -0.25) is 9.36 Å². The van der Waals surface area contributed by atoms with Crippen LogP contribution < -0.4 is 15.4 Å². The lowest BCUT2D eigenvalue weighted by Gasteiger charge is -2.21. The Kier molecular flexibility index (Phi) is 9.08. The number of para-hydroxylation sites is 1. The normalized spacial score (nSPS) is 13.3. The van der Waals surface area contributed by atoms with Gasteiger partial charge in [0.2, 0.25) is 5.95 Å². The molecule has 3 heterocycles. The van der Waals surface area contributed by atoms with Gasteiger partial charge in [0.25, 0.3) is 0 Å². The van der Waals surface area contributed by atoms with Crippen LogP contribution in [0.25, 0.3) is 11.4 Å². The summed E-state index contributed by atoms with van der Waals surface area (Å²) in [5.74, 6) is 0.792. The van der Waals surface area contributed by atoms with Gasteiger partial charge < -0.3 is 20.5 Å². The fourth-order valence-corrected chi connectivity index (χ4v) is 4.61. The topological polar surface area (TPSA) is 145 Å². The average molecular weight is 534 g/mol. The number of ether oxygens (including phenoxy) is 1. The Bertz CT molecular complexity index is 1390. The number of rotatable bonds is 9. The lowest BCUT2D eigenvalue weighted by molar-refractivity contribution is 0.0697. The summed E-state index contributed by atoms with van der Waals surface area (Å²) < 4.78 is 9.16. The molecule has 0 bridgehead atoms. The largest absolute Gasteiger partial charge is 0.494 e. The second-order valence-corrected chi connectivity index (χ2v) is 9.09. The van der Waals surface area contributed by atoms with E-state index in [-0.39, 0.29) is 17.3 Å². The van der Waals surface area contributed by atoms with Crippen molar-refractivity contribution < 1.29 is 14.6 Å². The molecule has 0 spiro atoms. The summed E-state index contributed by atoms with van der Waals surface area (Å²) in [6, 6.07) is 5.40. The lowest BCUT2D eigenvalue weighted by atomic mass is 9.89. The van der Waals surface area contributed by atoms with Crippen LogP contribution in [-0.2, 0) is 13.6 Å². The minimum absolute atomic E-state index is 0.0815.